The molecule has 0 saturated carbocycles. The summed E-state index contributed by atoms with van der Waals surface area (Å²) in [6, 6.07) is 9.19. The summed E-state index contributed by atoms with van der Waals surface area (Å²) in [5.41, 5.74) is 5.83. The Morgan fingerprint density at radius 1 is 1.10 bits per heavy atom. The quantitative estimate of drug-likeness (QED) is 0.774. The van der Waals surface area contributed by atoms with E-state index in [9.17, 15) is 14.4 Å². The SMILES string of the molecule is CC1CN=C(c2cccc(N3C(=O)C=CC3=O)c2)C=C1c1cc2c([nH]1)CCNC2=O. The fraction of sp³-hybridized carbons (Fsp3) is 0.217. The van der Waals surface area contributed by atoms with E-state index in [4.69, 9.17) is 4.99 Å². The van der Waals surface area contributed by atoms with Crippen molar-refractivity contribution >= 4 is 34.7 Å². The van der Waals surface area contributed by atoms with Gasteiger partial charge in [0.25, 0.3) is 17.7 Å². The molecule has 0 aliphatic carbocycles. The number of fused-ring (bicyclic) bond motifs is 1. The van der Waals surface area contributed by atoms with Gasteiger partial charge in [-0.1, -0.05) is 19.1 Å². The molecule has 3 aliphatic heterocycles. The molecular weight excluding hydrogens is 380 g/mol. The first-order chi connectivity index (χ1) is 14.5. The van der Waals surface area contributed by atoms with Crippen LogP contribution < -0.4 is 10.2 Å². The van der Waals surface area contributed by atoms with Crippen LogP contribution in [0.5, 0.6) is 0 Å². The lowest BCUT2D eigenvalue weighted by atomic mass is 9.92. The Bertz CT molecular complexity index is 1170. The van der Waals surface area contributed by atoms with Crippen molar-refractivity contribution in [2.45, 2.75) is 13.3 Å². The maximum Gasteiger partial charge on any atom is 0.258 e. The average Bonchev–Trinajstić information content (AvgIpc) is 3.32. The average molecular weight is 400 g/mol. The van der Waals surface area contributed by atoms with Gasteiger partial charge >= 0.3 is 0 Å². The van der Waals surface area contributed by atoms with Gasteiger partial charge in [0.1, 0.15) is 0 Å². The second kappa shape index (κ2) is 6.95. The van der Waals surface area contributed by atoms with Crippen molar-refractivity contribution in [3.8, 4) is 0 Å². The number of carbonyl (C=O) groups excluding carboxylic acids is 3. The number of hydrogen-bond donors (Lipinski definition) is 2. The highest BCUT2D eigenvalue weighted by Crippen LogP contribution is 2.30. The predicted molar refractivity (Wildman–Crippen MR) is 113 cm³/mol. The largest absolute Gasteiger partial charge is 0.358 e. The summed E-state index contributed by atoms with van der Waals surface area (Å²) in [6.45, 7) is 3.36. The number of hydrogen-bond acceptors (Lipinski definition) is 4. The number of dihydropyridines is 1. The van der Waals surface area contributed by atoms with E-state index < -0.39 is 0 Å². The molecule has 1 aromatic carbocycles. The third-order valence-corrected chi connectivity index (χ3v) is 5.68. The van der Waals surface area contributed by atoms with Gasteiger partial charge in [-0.05, 0) is 29.8 Å². The number of H-pyrrole nitrogens is 1. The molecule has 2 aromatic rings. The van der Waals surface area contributed by atoms with Crippen LogP contribution in [0, 0.1) is 5.92 Å². The minimum absolute atomic E-state index is 0.0436. The lowest BCUT2D eigenvalue weighted by Gasteiger charge is -2.20. The van der Waals surface area contributed by atoms with Crippen LogP contribution >= 0.6 is 0 Å². The minimum atomic E-state index is -0.345. The molecule has 0 bridgehead atoms. The van der Waals surface area contributed by atoms with Crippen molar-refractivity contribution in [3.63, 3.8) is 0 Å². The van der Waals surface area contributed by atoms with E-state index in [1.165, 1.54) is 12.2 Å². The molecule has 1 aromatic heterocycles. The standard InChI is InChI=1S/C23H20N4O3/c1-13-12-25-19(10-16(13)20-11-17-18(26-20)7-8-24-23(17)30)14-3-2-4-15(9-14)27-21(28)5-6-22(27)29/h2-6,9-11,13,26H,7-8,12H2,1H3,(H,24,30). The molecule has 3 amide bonds. The highest BCUT2D eigenvalue weighted by Gasteiger charge is 2.27. The van der Waals surface area contributed by atoms with E-state index in [1.807, 2.05) is 24.3 Å². The lowest BCUT2D eigenvalue weighted by molar-refractivity contribution is -0.119. The molecule has 3 aliphatic rings. The van der Waals surface area contributed by atoms with Gasteiger partial charge in [-0.25, -0.2) is 4.90 Å². The number of amides is 3. The van der Waals surface area contributed by atoms with Crippen molar-refractivity contribution in [2.75, 3.05) is 18.0 Å². The zero-order valence-corrected chi connectivity index (χ0v) is 16.4. The van der Waals surface area contributed by atoms with Crippen molar-refractivity contribution in [1.29, 1.82) is 0 Å². The molecule has 0 radical (unpaired) electrons. The Balaban J connectivity index is 1.50. The Kier molecular flexibility index (Phi) is 4.24. The third-order valence-electron chi connectivity index (χ3n) is 5.68. The van der Waals surface area contributed by atoms with Gasteiger partial charge in [0.05, 0.1) is 17.0 Å². The number of aliphatic imine (C=N–C) groups is 1. The number of benzene rings is 1. The normalized spacial score (nSPS) is 20.8. The molecule has 5 rings (SSSR count). The molecule has 150 valence electrons. The summed E-state index contributed by atoms with van der Waals surface area (Å²) >= 11 is 0. The molecule has 4 heterocycles. The number of carbonyl (C=O) groups is 3. The summed E-state index contributed by atoms with van der Waals surface area (Å²) in [5, 5.41) is 2.87. The van der Waals surface area contributed by atoms with E-state index in [2.05, 4.69) is 17.2 Å². The zero-order valence-electron chi connectivity index (χ0n) is 16.4. The monoisotopic (exact) mass is 400 g/mol. The number of aromatic amines is 1. The zero-order chi connectivity index (χ0) is 20.8. The molecule has 1 atom stereocenters. The second-order valence-corrected chi connectivity index (χ2v) is 7.70. The number of rotatable bonds is 3. The van der Waals surface area contributed by atoms with Crippen LogP contribution in [0.4, 0.5) is 5.69 Å². The highest BCUT2D eigenvalue weighted by molar-refractivity contribution is 6.28. The Hall–Kier alpha value is -3.74. The Morgan fingerprint density at radius 3 is 2.67 bits per heavy atom. The molecule has 7 heteroatoms. The summed E-state index contributed by atoms with van der Waals surface area (Å²) in [7, 11) is 0. The number of imide groups is 1. The smallest absolute Gasteiger partial charge is 0.258 e. The van der Waals surface area contributed by atoms with Crippen LogP contribution in [0.25, 0.3) is 5.57 Å². The fourth-order valence-electron chi connectivity index (χ4n) is 4.09. The number of allylic oxidation sites excluding steroid dienone is 1. The predicted octanol–water partition coefficient (Wildman–Crippen LogP) is 2.25. The first-order valence-electron chi connectivity index (χ1n) is 9.94. The van der Waals surface area contributed by atoms with Crippen LogP contribution in [0.15, 0.2) is 53.6 Å². The van der Waals surface area contributed by atoms with Gasteiger partial charge in [-0.2, -0.15) is 0 Å². The van der Waals surface area contributed by atoms with Crippen molar-refractivity contribution in [1.82, 2.24) is 10.3 Å². The van der Waals surface area contributed by atoms with Crippen LogP contribution in [0.1, 0.15) is 34.2 Å². The number of anilines is 1. The molecule has 0 spiro atoms. The van der Waals surface area contributed by atoms with Crippen LogP contribution in [-0.4, -0.2) is 41.5 Å². The molecule has 30 heavy (non-hydrogen) atoms. The fourth-order valence-corrected chi connectivity index (χ4v) is 4.09. The summed E-state index contributed by atoms with van der Waals surface area (Å²) < 4.78 is 0. The van der Waals surface area contributed by atoms with Gasteiger partial charge in [0.2, 0.25) is 0 Å². The van der Waals surface area contributed by atoms with Gasteiger partial charge in [-0.15, -0.1) is 0 Å². The summed E-state index contributed by atoms with van der Waals surface area (Å²) in [5.74, 6) is -0.533. The molecule has 7 nitrogen and oxygen atoms in total. The second-order valence-electron chi connectivity index (χ2n) is 7.70. The van der Waals surface area contributed by atoms with Crippen molar-refractivity contribution in [2.24, 2.45) is 10.9 Å². The first-order valence-corrected chi connectivity index (χ1v) is 9.94. The van der Waals surface area contributed by atoms with Crippen LogP contribution in [0.3, 0.4) is 0 Å². The molecule has 1 unspecified atom stereocenters. The number of nitrogens with one attached hydrogen (secondary N) is 2. The third kappa shape index (κ3) is 2.99. The summed E-state index contributed by atoms with van der Waals surface area (Å²) in [6.07, 6.45) is 5.36. The minimum Gasteiger partial charge on any atom is -0.358 e. The maximum absolute atomic E-state index is 12.1. The van der Waals surface area contributed by atoms with E-state index in [0.29, 0.717) is 24.3 Å². The first kappa shape index (κ1) is 18.3. The summed E-state index contributed by atoms with van der Waals surface area (Å²) in [4.78, 5) is 45.4. The van der Waals surface area contributed by atoms with Crippen molar-refractivity contribution in [3.05, 3.63) is 71.1 Å². The van der Waals surface area contributed by atoms with Gasteiger partial charge in [0, 0.05) is 54.5 Å². The highest BCUT2D eigenvalue weighted by atomic mass is 16.2. The number of aromatic nitrogens is 1. The lowest BCUT2D eigenvalue weighted by Crippen LogP contribution is -2.31. The van der Waals surface area contributed by atoms with Gasteiger partial charge in [0.15, 0.2) is 0 Å². The van der Waals surface area contributed by atoms with E-state index in [0.717, 1.165) is 39.6 Å². The van der Waals surface area contributed by atoms with E-state index >= 15 is 0 Å². The van der Waals surface area contributed by atoms with E-state index in [1.54, 1.807) is 12.1 Å². The molecule has 2 N–H and O–H groups in total. The maximum atomic E-state index is 12.1. The molecule has 0 saturated heterocycles. The van der Waals surface area contributed by atoms with Crippen LogP contribution in [-0.2, 0) is 16.0 Å². The van der Waals surface area contributed by atoms with Crippen LogP contribution in [0.2, 0.25) is 0 Å². The number of nitrogens with zero attached hydrogens (tertiary/aromatic N) is 2. The van der Waals surface area contributed by atoms with E-state index in [-0.39, 0.29) is 23.6 Å². The topological polar surface area (TPSA) is 94.6 Å². The Labute approximate surface area is 173 Å². The molecule has 0 fully saturated rings. The Morgan fingerprint density at radius 2 is 1.90 bits per heavy atom. The van der Waals surface area contributed by atoms with Gasteiger partial charge < -0.3 is 10.3 Å². The molecular formula is C23H20N4O3. The van der Waals surface area contributed by atoms with Crippen molar-refractivity contribution < 1.29 is 14.4 Å². The van der Waals surface area contributed by atoms with Gasteiger partial charge in [-0.3, -0.25) is 19.4 Å².